The Balaban J connectivity index is 1.51. The van der Waals surface area contributed by atoms with Gasteiger partial charge in [-0.1, -0.05) is 31.0 Å². The molecule has 0 spiro atoms. The lowest BCUT2D eigenvalue weighted by atomic mass is 10.0. The van der Waals surface area contributed by atoms with Crippen molar-refractivity contribution in [1.29, 1.82) is 0 Å². The first-order valence-corrected chi connectivity index (χ1v) is 11.3. The molecule has 4 rings (SSSR count). The normalized spacial score (nSPS) is 14.4. The van der Waals surface area contributed by atoms with Gasteiger partial charge in [0.05, 0.1) is 16.6 Å². The molecule has 2 aromatic carbocycles. The number of ether oxygens (including phenoxy) is 2. The van der Waals surface area contributed by atoms with Crippen molar-refractivity contribution >= 4 is 39.5 Å². The summed E-state index contributed by atoms with van der Waals surface area (Å²) in [6.07, 6.45) is 5.26. The smallest absolute Gasteiger partial charge is 0.310 e. The number of benzene rings is 2. The van der Waals surface area contributed by atoms with Crippen molar-refractivity contribution in [2.24, 2.45) is 0 Å². The molecule has 5 heteroatoms. The SMILES string of the molecule is CCOC(=O)Cc1ccccc1OCc1cc(I)c2oc(C3CCCC3)cc2c1. The summed E-state index contributed by atoms with van der Waals surface area (Å²) in [5, 5.41) is 1.14. The van der Waals surface area contributed by atoms with Crippen LogP contribution in [0.4, 0.5) is 0 Å². The predicted molar refractivity (Wildman–Crippen MR) is 121 cm³/mol. The molecule has 1 saturated carbocycles. The van der Waals surface area contributed by atoms with Gasteiger partial charge in [-0.05, 0) is 72.2 Å². The van der Waals surface area contributed by atoms with Crippen LogP contribution in [0.25, 0.3) is 11.0 Å². The van der Waals surface area contributed by atoms with E-state index in [0.717, 1.165) is 37.2 Å². The van der Waals surface area contributed by atoms with E-state index in [0.29, 0.717) is 19.1 Å². The Hall–Kier alpha value is -2.02. The highest BCUT2D eigenvalue weighted by molar-refractivity contribution is 14.1. The van der Waals surface area contributed by atoms with Gasteiger partial charge in [0.1, 0.15) is 23.7 Å². The van der Waals surface area contributed by atoms with E-state index in [1.54, 1.807) is 0 Å². The average molecular weight is 504 g/mol. The molecule has 0 atom stereocenters. The summed E-state index contributed by atoms with van der Waals surface area (Å²) in [5.41, 5.74) is 2.90. The fourth-order valence-electron chi connectivity index (χ4n) is 4.00. The molecule has 3 aromatic rings. The van der Waals surface area contributed by atoms with E-state index in [-0.39, 0.29) is 12.4 Å². The molecule has 1 aliphatic rings. The largest absolute Gasteiger partial charge is 0.489 e. The van der Waals surface area contributed by atoms with Gasteiger partial charge in [-0.25, -0.2) is 0 Å². The third kappa shape index (κ3) is 4.77. The van der Waals surface area contributed by atoms with E-state index in [9.17, 15) is 4.79 Å². The van der Waals surface area contributed by atoms with Crippen LogP contribution in [-0.4, -0.2) is 12.6 Å². The second-order valence-electron chi connectivity index (χ2n) is 7.50. The quantitative estimate of drug-likeness (QED) is 0.277. The fourth-order valence-corrected chi connectivity index (χ4v) is 4.82. The van der Waals surface area contributed by atoms with Crippen LogP contribution in [0.5, 0.6) is 5.75 Å². The van der Waals surface area contributed by atoms with E-state index in [4.69, 9.17) is 13.9 Å². The number of rotatable bonds is 7. The lowest BCUT2D eigenvalue weighted by Gasteiger charge is -2.11. The maximum absolute atomic E-state index is 11.9. The molecule has 0 radical (unpaired) electrons. The number of carbonyl (C=O) groups is 1. The first-order chi connectivity index (χ1) is 14.1. The van der Waals surface area contributed by atoms with Crippen molar-refractivity contribution in [3.63, 3.8) is 0 Å². The summed E-state index contributed by atoms with van der Waals surface area (Å²) >= 11 is 2.34. The Bertz CT molecular complexity index is 1000. The summed E-state index contributed by atoms with van der Waals surface area (Å²) in [6.45, 7) is 2.63. The molecule has 1 aromatic heterocycles. The molecule has 0 bridgehead atoms. The van der Waals surface area contributed by atoms with E-state index >= 15 is 0 Å². The van der Waals surface area contributed by atoms with Crippen molar-refractivity contribution < 1.29 is 18.7 Å². The number of esters is 1. The first kappa shape index (κ1) is 20.3. The van der Waals surface area contributed by atoms with Crippen molar-refractivity contribution in [2.75, 3.05) is 6.61 Å². The van der Waals surface area contributed by atoms with Crippen molar-refractivity contribution in [3.05, 3.63) is 62.9 Å². The third-order valence-corrected chi connectivity index (χ3v) is 6.22. The van der Waals surface area contributed by atoms with Crippen molar-refractivity contribution in [2.45, 2.75) is 51.6 Å². The van der Waals surface area contributed by atoms with E-state index in [1.165, 1.54) is 25.7 Å². The Morgan fingerprint density at radius 1 is 1.17 bits per heavy atom. The molecule has 0 amide bonds. The van der Waals surface area contributed by atoms with E-state index in [2.05, 4.69) is 40.8 Å². The van der Waals surface area contributed by atoms with Crippen LogP contribution in [0.1, 0.15) is 55.4 Å². The summed E-state index contributed by atoms with van der Waals surface area (Å²) in [7, 11) is 0. The van der Waals surface area contributed by atoms with Gasteiger partial charge in [-0.2, -0.15) is 0 Å². The van der Waals surface area contributed by atoms with Crippen LogP contribution in [0.15, 0.2) is 46.9 Å². The molecule has 1 aliphatic carbocycles. The molecule has 0 aliphatic heterocycles. The van der Waals surface area contributed by atoms with Gasteiger partial charge in [-0.3, -0.25) is 4.79 Å². The number of hydrogen-bond donors (Lipinski definition) is 0. The minimum atomic E-state index is -0.239. The number of para-hydroxylation sites is 1. The highest BCUT2D eigenvalue weighted by atomic mass is 127. The molecule has 29 heavy (non-hydrogen) atoms. The Labute approximate surface area is 184 Å². The van der Waals surface area contributed by atoms with Gasteiger partial charge < -0.3 is 13.9 Å². The third-order valence-electron chi connectivity index (χ3n) is 5.41. The second-order valence-corrected chi connectivity index (χ2v) is 8.67. The van der Waals surface area contributed by atoms with Crippen LogP contribution in [0.3, 0.4) is 0 Å². The van der Waals surface area contributed by atoms with Crippen LogP contribution in [0, 0.1) is 3.57 Å². The topological polar surface area (TPSA) is 48.7 Å². The summed E-state index contributed by atoms with van der Waals surface area (Å²) in [6, 6.07) is 14.1. The lowest BCUT2D eigenvalue weighted by molar-refractivity contribution is -0.142. The highest BCUT2D eigenvalue weighted by Gasteiger charge is 2.21. The summed E-state index contributed by atoms with van der Waals surface area (Å²) < 4.78 is 18.4. The molecular formula is C24H25IO4. The molecule has 1 fully saturated rings. The number of halogens is 1. The Kier molecular flexibility index (Phi) is 6.43. The average Bonchev–Trinajstić information content (AvgIpc) is 3.37. The predicted octanol–water partition coefficient (Wildman–Crippen LogP) is 6.38. The van der Waals surface area contributed by atoms with Gasteiger partial charge in [0.2, 0.25) is 0 Å². The number of carbonyl (C=O) groups excluding carboxylic acids is 1. The zero-order valence-electron chi connectivity index (χ0n) is 16.6. The maximum atomic E-state index is 11.9. The van der Waals surface area contributed by atoms with Gasteiger partial charge >= 0.3 is 5.97 Å². The van der Waals surface area contributed by atoms with Crippen LogP contribution in [0.2, 0.25) is 0 Å². The molecule has 152 valence electrons. The lowest BCUT2D eigenvalue weighted by Crippen LogP contribution is -2.09. The monoisotopic (exact) mass is 504 g/mol. The standard InChI is InChI=1S/C24H25IO4/c1-2-27-23(26)14-18-9-5-6-10-21(18)28-15-16-11-19-13-22(17-7-3-4-8-17)29-24(19)20(25)12-16/h5-6,9-13,17H,2-4,7-8,14-15H2,1H3. The molecular weight excluding hydrogens is 479 g/mol. The van der Waals surface area contributed by atoms with Gasteiger partial charge in [-0.15, -0.1) is 0 Å². The van der Waals surface area contributed by atoms with Crippen LogP contribution >= 0.6 is 22.6 Å². The highest BCUT2D eigenvalue weighted by Crippen LogP contribution is 2.38. The minimum absolute atomic E-state index is 0.215. The summed E-state index contributed by atoms with van der Waals surface area (Å²) in [5.74, 6) is 2.16. The number of fused-ring (bicyclic) bond motifs is 1. The van der Waals surface area contributed by atoms with Gasteiger partial charge in [0.15, 0.2) is 0 Å². The van der Waals surface area contributed by atoms with Crippen LogP contribution < -0.4 is 4.74 Å². The van der Waals surface area contributed by atoms with E-state index in [1.807, 2.05) is 31.2 Å². The van der Waals surface area contributed by atoms with Crippen LogP contribution in [-0.2, 0) is 22.6 Å². The molecule has 1 heterocycles. The molecule has 0 saturated heterocycles. The molecule has 0 N–H and O–H groups in total. The maximum Gasteiger partial charge on any atom is 0.310 e. The second kappa shape index (κ2) is 9.20. The fraction of sp³-hybridized carbons (Fsp3) is 0.375. The van der Waals surface area contributed by atoms with Gasteiger partial charge in [0.25, 0.3) is 0 Å². The van der Waals surface area contributed by atoms with Gasteiger partial charge in [0, 0.05) is 16.9 Å². The van der Waals surface area contributed by atoms with Crippen molar-refractivity contribution in [1.82, 2.24) is 0 Å². The Morgan fingerprint density at radius 3 is 2.76 bits per heavy atom. The number of hydrogen-bond acceptors (Lipinski definition) is 4. The Morgan fingerprint density at radius 2 is 1.97 bits per heavy atom. The first-order valence-electron chi connectivity index (χ1n) is 10.2. The zero-order chi connectivity index (χ0) is 20.2. The molecule has 0 unspecified atom stereocenters. The van der Waals surface area contributed by atoms with E-state index < -0.39 is 0 Å². The molecule has 4 nitrogen and oxygen atoms in total. The number of furan rings is 1. The summed E-state index contributed by atoms with van der Waals surface area (Å²) in [4.78, 5) is 11.9. The minimum Gasteiger partial charge on any atom is -0.489 e. The van der Waals surface area contributed by atoms with Crippen molar-refractivity contribution in [3.8, 4) is 5.75 Å². The zero-order valence-corrected chi connectivity index (χ0v) is 18.7.